The van der Waals surface area contributed by atoms with Crippen LogP contribution >= 0.6 is 0 Å². The van der Waals surface area contributed by atoms with Crippen LogP contribution in [-0.4, -0.2) is 46.7 Å². The normalized spacial score (nSPS) is 67.8. The van der Waals surface area contributed by atoms with Crippen molar-refractivity contribution in [2.24, 2.45) is 0 Å². The molecule has 0 radical (unpaired) electrons. The number of hydrogen-bond acceptors (Lipinski definition) is 5. The van der Waals surface area contributed by atoms with Gasteiger partial charge in [-0.2, -0.15) is 0 Å². The largest absolute Gasteiger partial charge is 0.387 e. The predicted molar refractivity (Wildman–Crippen MR) is 35.1 cm³/mol. The fourth-order valence-corrected chi connectivity index (χ4v) is 1.86. The second kappa shape index (κ2) is 1.69. The highest BCUT2D eigenvalue weighted by Gasteiger charge is 2.83. The third-order valence-electron chi connectivity index (χ3n) is 2.87. The minimum absolute atomic E-state index is 0.342. The van der Waals surface area contributed by atoms with Crippen molar-refractivity contribution in [2.75, 3.05) is 6.61 Å². The molecule has 0 aliphatic carbocycles. The van der Waals surface area contributed by atoms with Crippen molar-refractivity contribution in [3.63, 3.8) is 0 Å². The molecule has 5 nitrogen and oxygen atoms in total. The molecular weight excluding hydrogens is 164 g/mol. The van der Waals surface area contributed by atoms with Gasteiger partial charge in [0.25, 0.3) is 5.79 Å². The first kappa shape index (κ1) is 7.23. The average Bonchev–Trinajstić information content (AvgIpc) is 2.85. The molecule has 5 atom stereocenters. The first-order valence-electron chi connectivity index (χ1n) is 3.98. The summed E-state index contributed by atoms with van der Waals surface area (Å²) in [6, 6.07) is 0. The van der Waals surface area contributed by atoms with Crippen LogP contribution in [0.25, 0.3) is 0 Å². The average molecular weight is 174 g/mol. The minimum Gasteiger partial charge on any atom is -0.387 e. The molecule has 5 heteroatoms. The Morgan fingerprint density at radius 1 is 1.50 bits per heavy atom. The lowest BCUT2D eigenvalue weighted by molar-refractivity contribution is -0.166. The Kier molecular flexibility index (Phi) is 1.02. The number of fused-ring (bicyclic) bond motifs is 2. The molecule has 3 fully saturated rings. The summed E-state index contributed by atoms with van der Waals surface area (Å²) >= 11 is 0. The van der Waals surface area contributed by atoms with E-state index in [1.165, 1.54) is 0 Å². The third-order valence-corrected chi connectivity index (χ3v) is 2.87. The van der Waals surface area contributed by atoms with Gasteiger partial charge in [0.2, 0.25) is 6.29 Å². The first-order valence-corrected chi connectivity index (χ1v) is 3.98. The second-order valence-corrected chi connectivity index (χ2v) is 3.61. The van der Waals surface area contributed by atoms with Gasteiger partial charge in [-0.25, -0.2) is 0 Å². The summed E-state index contributed by atoms with van der Waals surface area (Å²) in [4.78, 5) is 0. The van der Waals surface area contributed by atoms with E-state index in [1.807, 2.05) is 0 Å². The molecule has 3 aliphatic rings. The van der Waals surface area contributed by atoms with E-state index in [-0.39, 0.29) is 6.10 Å². The van der Waals surface area contributed by atoms with Gasteiger partial charge in [-0.15, -0.1) is 0 Å². The Bertz CT molecular complexity index is 238. The lowest BCUT2D eigenvalue weighted by Crippen LogP contribution is -2.55. The molecule has 3 saturated heterocycles. The molecule has 3 rings (SSSR count). The number of ether oxygens (including phenoxy) is 3. The highest BCUT2D eigenvalue weighted by Crippen LogP contribution is 2.58. The molecule has 1 spiro atoms. The zero-order valence-corrected chi connectivity index (χ0v) is 6.56. The highest BCUT2D eigenvalue weighted by atomic mass is 16.9. The van der Waals surface area contributed by atoms with Crippen molar-refractivity contribution in [1.82, 2.24) is 0 Å². The standard InChI is InChI=1S/C7H10O5/c1-3-4(8)6(2-10-6)7(9)5(11-3)12-7/h3-5,8-9H,2H2,1H3/t3-,4-,5-,6+,7+/m0/s1. The van der Waals surface area contributed by atoms with Crippen molar-refractivity contribution >= 4 is 0 Å². The lowest BCUT2D eigenvalue weighted by Gasteiger charge is -2.30. The van der Waals surface area contributed by atoms with E-state index in [1.54, 1.807) is 6.92 Å². The summed E-state index contributed by atoms with van der Waals surface area (Å²) in [5.41, 5.74) is -0.907. The lowest BCUT2D eigenvalue weighted by atomic mass is 9.90. The van der Waals surface area contributed by atoms with Crippen LogP contribution in [0.5, 0.6) is 0 Å². The van der Waals surface area contributed by atoms with E-state index in [0.717, 1.165) is 0 Å². The summed E-state index contributed by atoms with van der Waals surface area (Å²) in [5.74, 6) is -1.39. The monoisotopic (exact) mass is 174 g/mol. The van der Waals surface area contributed by atoms with Gasteiger partial charge in [0, 0.05) is 0 Å². The maximum absolute atomic E-state index is 9.69. The Morgan fingerprint density at radius 2 is 2.17 bits per heavy atom. The van der Waals surface area contributed by atoms with Crippen molar-refractivity contribution in [2.45, 2.75) is 36.8 Å². The molecule has 68 valence electrons. The molecule has 12 heavy (non-hydrogen) atoms. The van der Waals surface area contributed by atoms with Crippen LogP contribution in [0.1, 0.15) is 6.92 Å². The molecule has 2 N–H and O–H groups in total. The fourth-order valence-electron chi connectivity index (χ4n) is 1.86. The SMILES string of the molecule is C[C@@H]1O[C@H]2O[C@@]2(O)[C@@]2(CO2)[C@H]1O. The smallest absolute Gasteiger partial charge is 0.255 e. The van der Waals surface area contributed by atoms with E-state index in [9.17, 15) is 10.2 Å². The van der Waals surface area contributed by atoms with Gasteiger partial charge in [0.15, 0.2) is 5.60 Å². The van der Waals surface area contributed by atoms with E-state index in [2.05, 4.69) is 0 Å². The molecule has 0 amide bonds. The Hall–Kier alpha value is -0.200. The summed E-state index contributed by atoms with van der Waals surface area (Å²) in [5, 5.41) is 19.3. The molecule has 3 aliphatic heterocycles. The van der Waals surface area contributed by atoms with Gasteiger partial charge in [-0.05, 0) is 6.92 Å². The minimum atomic E-state index is -1.39. The van der Waals surface area contributed by atoms with E-state index in [0.29, 0.717) is 6.61 Å². The molecular formula is C7H10O5. The van der Waals surface area contributed by atoms with Gasteiger partial charge >= 0.3 is 0 Å². The van der Waals surface area contributed by atoms with Gasteiger partial charge in [0.05, 0.1) is 12.7 Å². The summed E-state index contributed by atoms with van der Waals surface area (Å²) in [6.07, 6.45) is -1.76. The van der Waals surface area contributed by atoms with Crippen LogP contribution in [0.3, 0.4) is 0 Å². The van der Waals surface area contributed by atoms with Crippen LogP contribution < -0.4 is 0 Å². The van der Waals surface area contributed by atoms with E-state index >= 15 is 0 Å². The van der Waals surface area contributed by atoms with Crippen LogP contribution in [0, 0.1) is 0 Å². The van der Waals surface area contributed by atoms with Gasteiger partial charge in [-0.3, -0.25) is 0 Å². The van der Waals surface area contributed by atoms with Crippen molar-refractivity contribution in [1.29, 1.82) is 0 Å². The van der Waals surface area contributed by atoms with Crippen LogP contribution in [0.15, 0.2) is 0 Å². The molecule has 0 bridgehead atoms. The Labute approximate surface area is 68.8 Å². The maximum Gasteiger partial charge on any atom is 0.255 e. The molecule has 0 unspecified atom stereocenters. The number of aliphatic hydroxyl groups is 2. The molecule has 0 aromatic rings. The molecule has 3 heterocycles. The van der Waals surface area contributed by atoms with Crippen molar-refractivity contribution < 1.29 is 24.4 Å². The number of hydrogen-bond donors (Lipinski definition) is 2. The number of epoxide rings is 2. The zero-order valence-electron chi connectivity index (χ0n) is 6.56. The summed E-state index contributed by atoms with van der Waals surface area (Å²) in [7, 11) is 0. The number of aliphatic hydroxyl groups excluding tert-OH is 1. The Balaban J connectivity index is 1.97. The molecule has 0 aromatic heterocycles. The Morgan fingerprint density at radius 3 is 2.75 bits per heavy atom. The molecule has 0 aromatic carbocycles. The van der Waals surface area contributed by atoms with Crippen molar-refractivity contribution in [3.05, 3.63) is 0 Å². The number of rotatable bonds is 0. The topological polar surface area (TPSA) is 74.8 Å². The van der Waals surface area contributed by atoms with Crippen LogP contribution in [0.2, 0.25) is 0 Å². The predicted octanol–water partition coefficient (Wildman–Crippen LogP) is -1.42. The van der Waals surface area contributed by atoms with Gasteiger partial charge in [-0.1, -0.05) is 0 Å². The fraction of sp³-hybridized carbons (Fsp3) is 1.00. The van der Waals surface area contributed by atoms with Crippen LogP contribution in [-0.2, 0) is 14.2 Å². The van der Waals surface area contributed by atoms with Gasteiger partial charge in [0.1, 0.15) is 6.10 Å². The summed E-state index contributed by atoms with van der Waals surface area (Å²) in [6.45, 7) is 2.07. The van der Waals surface area contributed by atoms with Crippen molar-refractivity contribution in [3.8, 4) is 0 Å². The zero-order chi connectivity index (χ0) is 8.56. The maximum atomic E-state index is 9.69. The van der Waals surface area contributed by atoms with Gasteiger partial charge < -0.3 is 24.4 Å². The van der Waals surface area contributed by atoms with Crippen LogP contribution in [0.4, 0.5) is 0 Å². The quantitative estimate of drug-likeness (QED) is 0.441. The summed E-state index contributed by atoms with van der Waals surface area (Å²) < 4.78 is 15.2. The molecule has 0 saturated carbocycles. The first-order chi connectivity index (χ1) is 5.60. The highest BCUT2D eigenvalue weighted by molar-refractivity contribution is 5.20. The van der Waals surface area contributed by atoms with E-state index in [4.69, 9.17) is 14.2 Å². The third kappa shape index (κ3) is 0.560. The van der Waals surface area contributed by atoms with E-state index < -0.39 is 23.8 Å². The second-order valence-electron chi connectivity index (χ2n) is 3.61.